The molecular weight excluding hydrogens is 470 g/mol. The molecule has 2 aromatic carbocycles. The highest BCUT2D eigenvalue weighted by molar-refractivity contribution is 7.91. The van der Waals surface area contributed by atoms with Gasteiger partial charge in [0.2, 0.25) is 11.7 Å². The Morgan fingerprint density at radius 2 is 1.80 bits per heavy atom. The number of nitrogens with one attached hydrogen (secondary N) is 1. The first-order chi connectivity index (χ1) is 16.8. The summed E-state index contributed by atoms with van der Waals surface area (Å²) in [5, 5.41) is 5.99. The van der Waals surface area contributed by atoms with E-state index in [4.69, 9.17) is 4.74 Å². The molecule has 0 radical (unpaired) electrons. The van der Waals surface area contributed by atoms with Crippen LogP contribution < -0.4 is 0 Å². The van der Waals surface area contributed by atoms with Crippen molar-refractivity contribution in [1.82, 2.24) is 9.99 Å². The Morgan fingerprint density at radius 1 is 1.06 bits per heavy atom. The maximum absolute atomic E-state index is 13.6. The van der Waals surface area contributed by atoms with Gasteiger partial charge in [0.25, 0.3) is 0 Å². The maximum atomic E-state index is 13.6. The lowest BCUT2D eigenvalue weighted by molar-refractivity contribution is -0.140. The number of benzene rings is 2. The van der Waals surface area contributed by atoms with Crippen molar-refractivity contribution < 1.29 is 27.5 Å². The van der Waals surface area contributed by atoms with Crippen molar-refractivity contribution in [2.75, 3.05) is 11.5 Å². The normalized spacial score (nSPS) is 20.5. The van der Waals surface area contributed by atoms with Gasteiger partial charge >= 0.3 is 5.97 Å². The van der Waals surface area contributed by atoms with Crippen LogP contribution >= 0.6 is 0 Å². The number of nitrogens with zero attached hydrogens (tertiary/aromatic N) is 2. The highest BCUT2D eigenvalue weighted by Crippen LogP contribution is 2.28. The van der Waals surface area contributed by atoms with Crippen LogP contribution in [0.1, 0.15) is 41.3 Å². The second-order valence-electron chi connectivity index (χ2n) is 8.65. The summed E-state index contributed by atoms with van der Waals surface area (Å²) in [6.07, 6.45) is 0.706. The summed E-state index contributed by atoms with van der Waals surface area (Å²) in [6.45, 7) is 0. The molecule has 35 heavy (non-hydrogen) atoms. The van der Waals surface area contributed by atoms with E-state index in [0.717, 1.165) is 10.5 Å². The quantitative estimate of drug-likeness (QED) is 0.416. The molecule has 0 bridgehead atoms. The van der Waals surface area contributed by atoms with E-state index in [-0.39, 0.29) is 42.4 Å². The van der Waals surface area contributed by atoms with Gasteiger partial charge in [0.15, 0.2) is 15.9 Å². The van der Waals surface area contributed by atoms with E-state index in [2.05, 4.69) is 10.1 Å². The van der Waals surface area contributed by atoms with Gasteiger partial charge in [-0.25, -0.2) is 18.2 Å². The van der Waals surface area contributed by atoms with Crippen LogP contribution in [0, 0.1) is 0 Å². The Morgan fingerprint density at radius 3 is 2.54 bits per heavy atom. The van der Waals surface area contributed by atoms with Crippen molar-refractivity contribution in [2.24, 2.45) is 5.10 Å². The van der Waals surface area contributed by atoms with E-state index in [9.17, 15) is 22.8 Å². The summed E-state index contributed by atoms with van der Waals surface area (Å²) in [5.74, 6) is -1.75. The largest absolute Gasteiger partial charge is 0.444 e. The zero-order valence-corrected chi connectivity index (χ0v) is 19.5. The number of hydrogen-bond donors (Lipinski definition) is 1. The average Bonchev–Trinajstić information content (AvgIpc) is 3.45. The molecule has 1 fully saturated rings. The molecule has 2 unspecified atom stereocenters. The fraction of sp³-hybridized carbons (Fsp3) is 0.280. The Bertz CT molecular complexity index is 1440. The summed E-state index contributed by atoms with van der Waals surface area (Å²) < 4.78 is 29.4. The molecule has 3 heterocycles. The zero-order valence-electron chi connectivity index (χ0n) is 18.7. The van der Waals surface area contributed by atoms with Crippen LogP contribution in [0.15, 0.2) is 65.9 Å². The summed E-state index contributed by atoms with van der Waals surface area (Å²) in [4.78, 5) is 42.2. The zero-order chi connectivity index (χ0) is 24.6. The number of hydrogen-bond acceptors (Lipinski definition) is 7. The molecule has 0 saturated carbocycles. The molecule has 0 spiro atoms. The highest BCUT2D eigenvalue weighted by Gasteiger charge is 2.38. The number of fused-ring (bicyclic) bond motifs is 1. The standard InChI is InChI=1S/C25H23N3O6S/c29-22-11-10-21(27-28(22)17-12-13-35(32,33)15-17)25(31)34-24(16-6-2-1-3-7-16)23(30)19-14-26-20-9-5-4-8-18(19)20/h1-9,14,17,24,26H,10-13,15H2. The van der Waals surface area contributed by atoms with Crippen LogP contribution in [0.25, 0.3) is 10.9 Å². The Balaban J connectivity index is 1.43. The van der Waals surface area contributed by atoms with E-state index in [1.807, 2.05) is 24.3 Å². The van der Waals surface area contributed by atoms with Crippen LogP contribution in [0.2, 0.25) is 0 Å². The molecule has 2 atom stereocenters. The van der Waals surface area contributed by atoms with Crippen LogP contribution in [0.4, 0.5) is 0 Å². The smallest absolute Gasteiger partial charge is 0.355 e. The molecular formula is C25H23N3O6S. The lowest BCUT2D eigenvalue weighted by Gasteiger charge is -2.27. The molecule has 1 N–H and O–H groups in total. The number of aromatic nitrogens is 1. The number of ketones is 1. The van der Waals surface area contributed by atoms with Crippen LogP contribution in [0.3, 0.4) is 0 Å². The van der Waals surface area contributed by atoms with Gasteiger partial charge in [-0.3, -0.25) is 9.59 Å². The second-order valence-corrected chi connectivity index (χ2v) is 10.9. The lowest BCUT2D eigenvalue weighted by atomic mass is 9.99. The van der Waals surface area contributed by atoms with E-state index in [0.29, 0.717) is 16.5 Å². The van der Waals surface area contributed by atoms with Crippen molar-refractivity contribution in [3.8, 4) is 0 Å². The highest BCUT2D eigenvalue weighted by atomic mass is 32.2. The lowest BCUT2D eigenvalue weighted by Crippen LogP contribution is -2.42. The van der Waals surface area contributed by atoms with E-state index >= 15 is 0 Å². The number of amides is 1. The van der Waals surface area contributed by atoms with Gasteiger partial charge < -0.3 is 9.72 Å². The number of H-pyrrole nitrogens is 1. The van der Waals surface area contributed by atoms with Gasteiger partial charge in [-0.05, 0) is 12.5 Å². The second kappa shape index (κ2) is 9.10. The molecule has 2 aliphatic heterocycles. The van der Waals surface area contributed by atoms with E-state index in [1.54, 1.807) is 36.5 Å². The first kappa shape index (κ1) is 23.0. The fourth-order valence-electron chi connectivity index (χ4n) is 4.46. The van der Waals surface area contributed by atoms with Crippen LogP contribution in [-0.4, -0.2) is 59.3 Å². The Labute approximate surface area is 201 Å². The molecule has 180 valence electrons. The van der Waals surface area contributed by atoms with Crippen molar-refractivity contribution in [3.63, 3.8) is 0 Å². The number of para-hydroxylation sites is 1. The third-order valence-electron chi connectivity index (χ3n) is 6.27. The Kier molecular flexibility index (Phi) is 5.98. The molecule has 1 aromatic heterocycles. The number of ether oxygens (including phenoxy) is 1. The number of hydrazone groups is 1. The first-order valence-electron chi connectivity index (χ1n) is 11.3. The van der Waals surface area contributed by atoms with E-state index < -0.39 is 33.7 Å². The van der Waals surface area contributed by atoms with Gasteiger partial charge in [-0.15, -0.1) is 0 Å². The van der Waals surface area contributed by atoms with Gasteiger partial charge in [0, 0.05) is 41.1 Å². The van der Waals surface area contributed by atoms with Crippen molar-refractivity contribution in [3.05, 3.63) is 71.9 Å². The fourth-order valence-corrected chi connectivity index (χ4v) is 6.16. The predicted octanol–water partition coefficient (Wildman–Crippen LogP) is 2.80. The number of Topliss-reactive ketones (excluding diaryl/α,β-unsaturated/α-hetero) is 1. The number of aromatic amines is 1. The molecule has 0 aliphatic carbocycles. The predicted molar refractivity (Wildman–Crippen MR) is 128 cm³/mol. The summed E-state index contributed by atoms with van der Waals surface area (Å²) in [6, 6.07) is 15.4. The molecule has 2 aliphatic rings. The summed E-state index contributed by atoms with van der Waals surface area (Å²) >= 11 is 0. The van der Waals surface area contributed by atoms with Crippen molar-refractivity contribution in [1.29, 1.82) is 0 Å². The topological polar surface area (TPSA) is 126 Å². The number of rotatable bonds is 6. The minimum atomic E-state index is -3.24. The molecule has 1 amide bonds. The molecule has 9 nitrogen and oxygen atoms in total. The number of carbonyl (C=O) groups excluding carboxylic acids is 3. The Hall–Kier alpha value is -3.79. The maximum Gasteiger partial charge on any atom is 0.355 e. The summed E-state index contributed by atoms with van der Waals surface area (Å²) in [7, 11) is -3.24. The molecule has 1 saturated heterocycles. The third kappa shape index (κ3) is 4.61. The molecule has 5 rings (SSSR count). The van der Waals surface area contributed by atoms with Crippen molar-refractivity contribution in [2.45, 2.75) is 31.4 Å². The molecule has 10 heteroatoms. The summed E-state index contributed by atoms with van der Waals surface area (Å²) in [5.41, 5.74) is 1.66. The first-order valence-corrected chi connectivity index (χ1v) is 13.1. The average molecular weight is 494 g/mol. The number of esters is 1. The SMILES string of the molecule is O=C(OC(C(=O)c1c[nH]c2ccccc12)c1ccccc1)C1=NN(C2CCS(=O)(=O)C2)C(=O)CC1. The van der Waals surface area contributed by atoms with E-state index in [1.165, 1.54) is 0 Å². The van der Waals surface area contributed by atoms with Gasteiger partial charge in [0.05, 0.1) is 17.5 Å². The van der Waals surface area contributed by atoms with Crippen molar-refractivity contribution >= 4 is 44.1 Å². The van der Waals surface area contributed by atoms with Gasteiger partial charge in [-0.2, -0.15) is 5.10 Å². The van der Waals surface area contributed by atoms with Gasteiger partial charge in [-0.1, -0.05) is 48.5 Å². The molecule has 3 aromatic rings. The number of carbonyl (C=O) groups is 3. The minimum Gasteiger partial charge on any atom is -0.444 e. The minimum absolute atomic E-state index is 0.0108. The van der Waals surface area contributed by atoms with Gasteiger partial charge in [0.1, 0.15) is 5.71 Å². The monoisotopic (exact) mass is 493 g/mol. The third-order valence-corrected chi connectivity index (χ3v) is 8.02. The van der Waals surface area contributed by atoms with Crippen LogP contribution in [-0.2, 0) is 24.2 Å². The number of sulfone groups is 1. The van der Waals surface area contributed by atoms with Crippen LogP contribution in [0.5, 0.6) is 0 Å².